The number of ether oxygens (including phenoxy) is 1. The van der Waals surface area contributed by atoms with Crippen LogP contribution in [0, 0.1) is 0 Å². The minimum absolute atomic E-state index is 0.0769. The molecule has 2 aromatic rings. The standard InChI is InChI=1S/C21H23Cl2N3O3/c1-29-16-5-2-4-15(12-16)13-20(28)26-10-8-25(9-11-26)14-19(27)24-18-7-3-6-17(22)21(18)23/h2-7,12H,8-11,13-14H2,1H3,(H,24,27). The van der Waals surface area contributed by atoms with Crippen molar-refractivity contribution in [2.45, 2.75) is 6.42 Å². The first-order chi connectivity index (χ1) is 14.0. The number of nitrogens with one attached hydrogen (secondary N) is 1. The van der Waals surface area contributed by atoms with E-state index in [4.69, 9.17) is 27.9 Å². The number of rotatable bonds is 6. The minimum atomic E-state index is -0.162. The molecule has 6 nitrogen and oxygen atoms in total. The molecule has 1 aliphatic rings. The van der Waals surface area contributed by atoms with Gasteiger partial charge in [0, 0.05) is 26.2 Å². The van der Waals surface area contributed by atoms with Crippen molar-refractivity contribution >= 4 is 40.7 Å². The minimum Gasteiger partial charge on any atom is -0.497 e. The van der Waals surface area contributed by atoms with E-state index in [1.165, 1.54) is 0 Å². The van der Waals surface area contributed by atoms with E-state index in [2.05, 4.69) is 5.32 Å². The molecule has 1 saturated heterocycles. The lowest BCUT2D eigenvalue weighted by atomic mass is 10.1. The summed E-state index contributed by atoms with van der Waals surface area (Å²) in [5.74, 6) is 0.657. The number of carbonyl (C=O) groups excluding carboxylic acids is 2. The molecule has 0 bridgehead atoms. The number of hydrogen-bond donors (Lipinski definition) is 1. The van der Waals surface area contributed by atoms with E-state index in [1.807, 2.05) is 34.1 Å². The van der Waals surface area contributed by atoms with Gasteiger partial charge in [0.2, 0.25) is 11.8 Å². The lowest BCUT2D eigenvalue weighted by molar-refractivity contribution is -0.132. The molecule has 1 aliphatic heterocycles. The summed E-state index contributed by atoms with van der Waals surface area (Å²) in [6.07, 6.45) is 0.338. The van der Waals surface area contributed by atoms with E-state index in [0.29, 0.717) is 48.3 Å². The molecule has 1 N–H and O–H groups in total. The first-order valence-corrected chi connectivity index (χ1v) is 10.1. The maximum absolute atomic E-state index is 12.6. The van der Waals surface area contributed by atoms with Crippen molar-refractivity contribution in [1.29, 1.82) is 0 Å². The lowest BCUT2D eigenvalue weighted by Gasteiger charge is -2.34. The Morgan fingerprint density at radius 2 is 1.79 bits per heavy atom. The smallest absolute Gasteiger partial charge is 0.238 e. The maximum atomic E-state index is 12.6. The first kappa shape index (κ1) is 21.4. The molecule has 2 aromatic carbocycles. The molecule has 8 heteroatoms. The molecule has 0 aromatic heterocycles. The van der Waals surface area contributed by atoms with Crippen molar-refractivity contribution in [2.75, 3.05) is 45.2 Å². The number of halogens is 2. The van der Waals surface area contributed by atoms with Gasteiger partial charge in [-0.2, -0.15) is 0 Å². The Balaban J connectivity index is 1.46. The predicted molar refractivity (Wildman–Crippen MR) is 115 cm³/mol. The monoisotopic (exact) mass is 435 g/mol. The fourth-order valence-corrected chi connectivity index (χ4v) is 3.57. The van der Waals surface area contributed by atoms with E-state index in [1.54, 1.807) is 25.3 Å². The van der Waals surface area contributed by atoms with Gasteiger partial charge in [-0.05, 0) is 29.8 Å². The van der Waals surface area contributed by atoms with E-state index in [0.717, 1.165) is 11.3 Å². The molecule has 0 unspecified atom stereocenters. The molecule has 154 valence electrons. The van der Waals surface area contributed by atoms with Gasteiger partial charge in [0.25, 0.3) is 0 Å². The fourth-order valence-electron chi connectivity index (χ4n) is 3.22. The second kappa shape index (κ2) is 9.96. The van der Waals surface area contributed by atoms with Crippen LogP contribution in [-0.4, -0.2) is 61.4 Å². The number of piperazine rings is 1. The zero-order valence-corrected chi connectivity index (χ0v) is 17.7. The third kappa shape index (κ3) is 5.85. The molecule has 0 aliphatic carbocycles. The molecule has 2 amide bonds. The number of benzene rings is 2. The Hall–Kier alpha value is -2.28. The van der Waals surface area contributed by atoms with Gasteiger partial charge in [-0.15, -0.1) is 0 Å². The van der Waals surface area contributed by atoms with Gasteiger partial charge < -0.3 is 15.0 Å². The van der Waals surface area contributed by atoms with Crippen LogP contribution in [0.2, 0.25) is 10.0 Å². The summed E-state index contributed by atoms with van der Waals surface area (Å²) in [4.78, 5) is 28.7. The number of methoxy groups -OCH3 is 1. The Morgan fingerprint density at radius 1 is 1.07 bits per heavy atom. The second-order valence-corrected chi connectivity index (χ2v) is 7.62. The highest BCUT2D eigenvalue weighted by Gasteiger charge is 2.23. The van der Waals surface area contributed by atoms with E-state index in [9.17, 15) is 9.59 Å². The largest absolute Gasteiger partial charge is 0.497 e. The Morgan fingerprint density at radius 3 is 2.52 bits per heavy atom. The third-order valence-electron chi connectivity index (χ3n) is 4.81. The molecule has 29 heavy (non-hydrogen) atoms. The van der Waals surface area contributed by atoms with Crippen LogP contribution < -0.4 is 10.1 Å². The summed E-state index contributed by atoms with van der Waals surface area (Å²) in [7, 11) is 1.61. The molecule has 0 radical (unpaired) electrons. The Kier molecular flexibility index (Phi) is 7.36. The molecule has 0 spiro atoms. The topological polar surface area (TPSA) is 61.9 Å². The van der Waals surface area contributed by atoms with Crippen LogP contribution in [0.15, 0.2) is 42.5 Å². The van der Waals surface area contributed by atoms with Gasteiger partial charge >= 0.3 is 0 Å². The van der Waals surface area contributed by atoms with Gasteiger partial charge in [-0.25, -0.2) is 0 Å². The third-order valence-corrected chi connectivity index (χ3v) is 5.63. The predicted octanol–water partition coefficient (Wildman–Crippen LogP) is 3.33. The Labute approximate surface area is 180 Å². The molecule has 3 rings (SSSR count). The van der Waals surface area contributed by atoms with Gasteiger partial charge in [0.15, 0.2) is 0 Å². The highest BCUT2D eigenvalue weighted by atomic mass is 35.5. The fraction of sp³-hybridized carbons (Fsp3) is 0.333. The number of carbonyl (C=O) groups is 2. The zero-order chi connectivity index (χ0) is 20.8. The number of hydrogen-bond acceptors (Lipinski definition) is 4. The summed E-state index contributed by atoms with van der Waals surface area (Å²) in [6, 6.07) is 12.6. The molecular weight excluding hydrogens is 413 g/mol. The van der Waals surface area contributed by atoms with Crippen LogP contribution in [0.4, 0.5) is 5.69 Å². The van der Waals surface area contributed by atoms with E-state index >= 15 is 0 Å². The molecule has 0 atom stereocenters. The quantitative estimate of drug-likeness (QED) is 0.755. The second-order valence-electron chi connectivity index (χ2n) is 6.83. The van der Waals surface area contributed by atoms with Crippen molar-refractivity contribution in [3.8, 4) is 5.75 Å². The number of amides is 2. The molecule has 1 fully saturated rings. The number of anilines is 1. The van der Waals surface area contributed by atoms with Crippen molar-refractivity contribution in [1.82, 2.24) is 9.80 Å². The summed E-state index contributed by atoms with van der Waals surface area (Å²) >= 11 is 12.1. The van der Waals surface area contributed by atoms with E-state index < -0.39 is 0 Å². The number of nitrogens with zero attached hydrogens (tertiary/aromatic N) is 2. The van der Waals surface area contributed by atoms with Gasteiger partial charge in [0.05, 0.1) is 35.8 Å². The van der Waals surface area contributed by atoms with Crippen molar-refractivity contribution in [2.24, 2.45) is 0 Å². The van der Waals surface area contributed by atoms with Crippen molar-refractivity contribution in [3.05, 3.63) is 58.1 Å². The molecule has 0 saturated carbocycles. The lowest BCUT2D eigenvalue weighted by Crippen LogP contribution is -2.50. The van der Waals surface area contributed by atoms with Crippen LogP contribution in [0.25, 0.3) is 0 Å². The van der Waals surface area contributed by atoms with Crippen molar-refractivity contribution < 1.29 is 14.3 Å². The average molecular weight is 436 g/mol. The summed E-state index contributed by atoms with van der Waals surface area (Å²) in [6.45, 7) is 2.70. The van der Waals surface area contributed by atoms with Crippen LogP contribution in [0.1, 0.15) is 5.56 Å². The van der Waals surface area contributed by atoms with Crippen LogP contribution in [-0.2, 0) is 16.0 Å². The van der Waals surface area contributed by atoms with Gasteiger partial charge in [0.1, 0.15) is 5.75 Å². The van der Waals surface area contributed by atoms with Crippen molar-refractivity contribution in [3.63, 3.8) is 0 Å². The average Bonchev–Trinajstić information content (AvgIpc) is 2.72. The zero-order valence-electron chi connectivity index (χ0n) is 16.2. The normalized spacial score (nSPS) is 14.5. The van der Waals surface area contributed by atoms with Gasteiger partial charge in [-0.3, -0.25) is 14.5 Å². The van der Waals surface area contributed by atoms with Gasteiger partial charge in [-0.1, -0.05) is 41.4 Å². The van der Waals surface area contributed by atoms with Crippen LogP contribution in [0.5, 0.6) is 5.75 Å². The highest BCUT2D eigenvalue weighted by molar-refractivity contribution is 6.44. The molecule has 1 heterocycles. The summed E-state index contributed by atoms with van der Waals surface area (Å²) in [5, 5.41) is 3.51. The van der Waals surface area contributed by atoms with Crippen LogP contribution >= 0.6 is 23.2 Å². The maximum Gasteiger partial charge on any atom is 0.238 e. The Bertz CT molecular complexity index is 883. The van der Waals surface area contributed by atoms with E-state index in [-0.39, 0.29) is 18.4 Å². The highest BCUT2D eigenvalue weighted by Crippen LogP contribution is 2.29. The summed E-state index contributed by atoms with van der Waals surface area (Å²) in [5.41, 5.74) is 1.42. The molecular formula is C21H23Cl2N3O3. The first-order valence-electron chi connectivity index (χ1n) is 9.33. The van der Waals surface area contributed by atoms with Crippen LogP contribution in [0.3, 0.4) is 0 Å². The SMILES string of the molecule is COc1cccc(CC(=O)N2CCN(CC(=O)Nc3cccc(Cl)c3Cl)CC2)c1. The summed E-state index contributed by atoms with van der Waals surface area (Å²) < 4.78 is 5.20.